The zero-order valence-electron chi connectivity index (χ0n) is 10.2. The summed E-state index contributed by atoms with van der Waals surface area (Å²) in [4.78, 5) is 11.2. The Kier molecular flexibility index (Phi) is 4.04. The van der Waals surface area contributed by atoms with E-state index in [2.05, 4.69) is 4.74 Å². The number of aliphatic hydroxyl groups is 1. The van der Waals surface area contributed by atoms with Gasteiger partial charge in [0.2, 0.25) is 0 Å². The van der Waals surface area contributed by atoms with Gasteiger partial charge in [-0.15, -0.1) is 0 Å². The van der Waals surface area contributed by atoms with Crippen molar-refractivity contribution in [1.82, 2.24) is 0 Å². The maximum Gasteiger partial charge on any atom is 0.309 e. The summed E-state index contributed by atoms with van der Waals surface area (Å²) in [6.45, 7) is 0.869. The van der Waals surface area contributed by atoms with Crippen LogP contribution in [0.3, 0.4) is 0 Å². The summed E-state index contributed by atoms with van der Waals surface area (Å²) in [5.74, 6) is 0.922. The van der Waals surface area contributed by atoms with E-state index in [4.69, 9.17) is 14.6 Å². The fraction of sp³-hybridized carbons (Fsp3) is 0.462. The smallest absolute Gasteiger partial charge is 0.309 e. The number of methoxy groups -OCH3 is 1. The lowest BCUT2D eigenvalue weighted by molar-refractivity contribution is -0.139. The molecule has 0 aromatic heterocycles. The van der Waals surface area contributed by atoms with Crippen LogP contribution in [-0.2, 0) is 16.0 Å². The quantitative estimate of drug-likeness (QED) is 0.805. The number of carbonyl (C=O) groups is 1. The highest BCUT2D eigenvalue weighted by atomic mass is 16.5. The maximum absolute atomic E-state index is 11.2. The van der Waals surface area contributed by atoms with Crippen LogP contribution in [0.25, 0.3) is 0 Å². The summed E-state index contributed by atoms with van der Waals surface area (Å²) in [6, 6.07) is 5.34. The summed E-state index contributed by atoms with van der Waals surface area (Å²) in [5, 5.41) is 9.08. The van der Waals surface area contributed by atoms with Gasteiger partial charge in [-0.2, -0.15) is 0 Å². The first-order chi connectivity index (χ1) is 8.72. The minimum absolute atomic E-state index is 0.0264. The van der Waals surface area contributed by atoms with Gasteiger partial charge in [0.05, 0.1) is 39.3 Å². The molecule has 2 rings (SSSR count). The van der Waals surface area contributed by atoms with Gasteiger partial charge in [0, 0.05) is 0 Å². The Bertz CT molecular complexity index is 429. The average molecular weight is 252 g/mol. The molecule has 0 aliphatic carbocycles. The summed E-state index contributed by atoms with van der Waals surface area (Å²) in [7, 11) is 1.36. The lowest BCUT2D eigenvalue weighted by atomic mass is 10.1. The summed E-state index contributed by atoms with van der Waals surface area (Å²) in [6.07, 6.45) is 0.205. The van der Waals surface area contributed by atoms with E-state index in [0.717, 1.165) is 5.56 Å². The second-order valence-electron chi connectivity index (χ2n) is 4.20. The Morgan fingerprint density at radius 2 is 2.11 bits per heavy atom. The molecule has 1 aliphatic heterocycles. The van der Waals surface area contributed by atoms with Crippen molar-refractivity contribution in [1.29, 1.82) is 0 Å². The van der Waals surface area contributed by atoms with E-state index in [1.54, 1.807) is 18.2 Å². The molecule has 0 saturated carbocycles. The standard InChI is InChI=1S/C13H16O5/c1-16-13(15)5-9-2-3-11-12(4-9)18-8-10(6-14)7-17-11/h2-4,10,14H,5-8H2,1H3. The van der Waals surface area contributed by atoms with Crippen LogP contribution >= 0.6 is 0 Å². The largest absolute Gasteiger partial charge is 0.489 e. The molecule has 0 spiro atoms. The van der Waals surface area contributed by atoms with Crippen LogP contribution in [-0.4, -0.2) is 38.0 Å². The minimum Gasteiger partial charge on any atom is -0.489 e. The molecule has 98 valence electrons. The molecular weight excluding hydrogens is 236 g/mol. The van der Waals surface area contributed by atoms with Crippen LogP contribution in [0.15, 0.2) is 18.2 Å². The van der Waals surface area contributed by atoms with E-state index in [1.165, 1.54) is 7.11 Å². The van der Waals surface area contributed by atoms with E-state index in [-0.39, 0.29) is 24.9 Å². The third-order valence-corrected chi connectivity index (χ3v) is 2.79. The van der Waals surface area contributed by atoms with Crippen molar-refractivity contribution in [2.24, 2.45) is 5.92 Å². The van der Waals surface area contributed by atoms with Crippen LogP contribution in [0.1, 0.15) is 5.56 Å². The van der Waals surface area contributed by atoms with E-state index >= 15 is 0 Å². The molecule has 1 N–H and O–H groups in total. The van der Waals surface area contributed by atoms with E-state index < -0.39 is 0 Å². The van der Waals surface area contributed by atoms with Crippen molar-refractivity contribution in [2.75, 3.05) is 26.9 Å². The molecule has 0 amide bonds. The lowest BCUT2D eigenvalue weighted by Gasteiger charge is -2.08. The van der Waals surface area contributed by atoms with Crippen molar-refractivity contribution in [3.63, 3.8) is 0 Å². The van der Waals surface area contributed by atoms with Gasteiger partial charge in [-0.3, -0.25) is 4.79 Å². The van der Waals surface area contributed by atoms with Gasteiger partial charge >= 0.3 is 5.97 Å². The number of ether oxygens (including phenoxy) is 3. The van der Waals surface area contributed by atoms with E-state index in [9.17, 15) is 4.79 Å². The van der Waals surface area contributed by atoms with Crippen LogP contribution in [0, 0.1) is 5.92 Å². The lowest BCUT2D eigenvalue weighted by Crippen LogP contribution is -2.20. The van der Waals surface area contributed by atoms with Gasteiger partial charge in [-0.25, -0.2) is 0 Å². The topological polar surface area (TPSA) is 65.0 Å². The van der Waals surface area contributed by atoms with Crippen molar-refractivity contribution in [2.45, 2.75) is 6.42 Å². The number of fused-ring (bicyclic) bond motifs is 1. The fourth-order valence-corrected chi connectivity index (χ4v) is 1.70. The third-order valence-electron chi connectivity index (χ3n) is 2.79. The number of benzene rings is 1. The van der Waals surface area contributed by atoms with E-state index in [0.29, 0.717) is 24.7 Å². The molecule has 5 nitrogen and oxygen atoms in total. The molecule has 5 heteroatoms. The second-order valence-corrected chi connectivity index (χ2v) is 4.20. The Hall–Kier alpha value is -1.75. The minimum atomic E-state index is -0.294. The molecule has 18 heavy (non-hydrogen) atoms. The van der Waals surface area contributed by atoms with Crippen molar-refractivity contribution >= 4 is 5.97 Å². The highest BCUT2D eigenvalue weighted by Gasteiger charge is 2.18. The van der Waals surface area contributed by atoms with E-state index in [1.807, 2.05) is 0 Å². The fourth-order valence-electron chi connectivity index (χ4n) is 1.70. The molecule has 0 saturated heterocycles. The molecule has 0 fully saturated rings. The highest BCUT2D eigenvalue weighted by molar-refractivity contribution is 5.72. The van der Waals surface area contributed by atoms with Gasteiger partial charge in [-0.1, -0.05) is 6.07 Å². The Morgan fingerprint density at radius 3 is 2.78 bits per heavy atom. The molecule has 1 unspecified atom stereocenters. The average Bonchev–Trinajstić information content (AvgIpc) is 2.60. The SMILES string of the molecule is COC(=O)Cc1ccc2c(c1)OCC(CO)CO2. The molecule has 1 aliphatic rings. The predicted molar refractivity (Wildman–Crippen MR) is 63.7 cm³/mol. The molecule has 1 heterocycles. The number of hydrogen-bond donors (Lipinski definition) is 1. The van der Waals surface area contributed by atoms with Crippen LogP contribution in [0.2, 0.25) is 0 Å². The second kappa shape index (κ2) is 5.73. The molecule has 0 radical (unpaired) electrons. The number of hydrogen-bond acceptors (Lipinski definition) is 5. The molecule has 1 atom stereocenters. The highest BCUT2D eigenvalue weighted by Crippen LogP contribution is 2.31. The van der Waals surface area contributed by atoms with Crippen LogP contribution in [0.4, 0.5) is 0 Å². The molecule has 1 aromatic rings. The Morgan fingerprint density at radius 1 is 1.39 bits per heavy atom. The van der Waals surface area contributed by atoms with Gasteiger partial charge in [-0.05, 0) is 17.7 Å². The van der Waals surface area contributed by atoms with Gasteiger partial charge in [0.25, 0.3) is 0 Å². The monoisotopic (exact) mass is 252 g/mol. The maximum atomic E-state index is 11.2. The first-order valence-electron chi connectivity index (χ1n) is 5.79. The van der Waals surface area contributed by atoms with Gasteiger partial charge < -0.3 is 19.3 Å². The zero-order valence-corrected chi connectivity index (χ0v) is 10.2. The number of aliphatic hydroxyl groups excluding tert-OH is 1. The third kappa shape index (κ3) is 2.92. The van der Waals surface area contributed by atoms with Gasteiger partial charge in [0.1, 0.15) is 0 Å². The molecule has 1 aromatic carbocycles. The summed E-state index contributed by atoms with van der Waals surface area (Å²) in [5.41, 5.74) is 0.812. The number of carbonyl (C=O) groups excluding carboxylic acids is 1. The number of rotatable bonds is 3. The van der Waals surface area contributed by atoms with Crippen molar-refractivity contribution in [3.8, 4) is 11.5 Å². The predicted octanol–water partition coefficient (Wildman–Crippen LogP) is 0.782. The molecule has 0 bridgehead atoms. The summed E-state index contributed by atoms with van der Waals surface area (Å²) >= 11 is 0. The number of esters is 1. The first kappa shape index (κ1) is 12.7. The van der Waals surface area contributed by atoms with Crippen molar-refractivity contribution < 1.29 is 24.1 Å². The van der Waals surface area contributed by atoms with Gasteiger partial charge in [0.15, 0.2) is 11.5 Å². The van der Waals surface area contributed by atoms with Crippen LogP contribution < -0.4 is 9.47 Å². The Labute approximate surface area is 105 Å². The van der Waals surface area contributed by atoms with Crippen molar-refractivity contribution in [3.05, 3.63) is 23.8 Å². The van der Waals surface area contributed by atoms with Crippen LogP contribution in [0.5, 0.6) is 11.5 Å². The zero-order chi connectivity index (χ0) is 13.0. The Balaban J connectivity index is 2.12. The molecular formula is C13H16O5. The summed E-state index contributed by atoms with van der Waals surface area (Å²) < 4.78 is 15.7. The normalized spacial score (nSPS) is 18.0. The first-order valence-corrected chi connectivity index (χ1v) is 5.79.